The van der Waals surface area contributed by atoms with Crippen LogP contribution in [-0.4, -0.2) is 12.2 Å². The summed E-state index contributed by atoms with van der Waals surface area (Å²) in [6.07, 6.45) is -3.33. The number of rotatable bonds is 4. The Kier molecular flexibility index (Phi) is 4.92. The molecule has 0 N–H and O–H groups in total. The van der Waals surface area contributed by atoms with Gasteiger partial charge < -0.3 is 4.74 Å². The summed E-state index contributed by atoms with van der Waals surface area (Å²) in [4.78, 5) is 0. The van der Waals surface area contributed by atoms with Gasteiger partial charge in [0, 0.05) is 5.88 Å². The van der Waals surface area contributed by atoms with Crippen LogP contribution in [0.1, 0.15) is 12.0 Å². The smallest absolute Gasteiger partial charge is 0.405 e. The highest BCUT2D eigenvalue weighted by Gasteiger charge is 2.31. The molecule has 0 heterocycles. The lowest BCUT2D eigenvalue weighted by Gasteiger charge is -2.11. The Labute approximate surface area is 105 Å². The van der Waals surface area contributed by atoms with Crippen LogP contribution < -0.4 is 4.74 Å². The molecule has 16 heavy (non-hydrogen) atoms. The van der Waals surface area contributed by atoms with Gasteiger partial charge in [0.1, 0.15) is 5.75 Å². The summed E-state index contributed by atoms with van der Waals surface area (Å²) in [6, 6.07) is 4.63. The summed E-state index contributed by atoms with van der Waals surface area (Å²) >= 11 is 8.51. The molecule has 0 saturated carbocycles. The Morgan fingerprint density at radius 1 is 1.31 bits per heavy atom. The zero-order valence-electron chi connectivity index (χ0n) is 8.15. The van der Waals surface area contributed by atoms with Crippen LogP contribution in [0, 0.1) is 0 Å². The predicted molar refractivity (Wildman–Crippen MR) is 59.9 cm³/mol. The van der Waals surface area contributed by atoms with E-state index in [-0.39, 0.29) is 10.2 Å². The lowest BCUT2D eigenvalue weighted by atomic mass is 10.1. The van der Waals surface area contributed by atoms with Gasteiger partial charge in [-0.1, -0.05) is 6.07 Å². The van der Waals surface area contributed by atoms with Gasteiger partial charge in [-0.3, -0.25) is 0 Å². The number of ether oxygens (including phenoxy) is 1. The van der Waals surface area contributed by atoms with E-state index in [0.29, 0.717) is 18.7 Å². The number of halogens is 5. The van der Waals surface area contributed by atoms with Gasteiger partial charge in [-0.25, -0.2) is 0 Å². The maximum atomic E-state index is 12.0. The van der Waals surface area contributed by atoms with E-state index >= 15 is 0 Å². The van der Waals surface area contributed by atoms with Crippen molar-refractivity contribution >= 4 is 27.5 Å². The molecule has 0 aliphatic carbocycles. The third kappa shape index (κ3) is 4.61. The SMILES string of the molecule is FC(F)(F)Oc1cc(CCCCl)ccc1Br. The molecule has 0 amide bonds. The average Bonchev–Trinajstić information content (AvgIpc) is 2.17. The van der Waals surface area contributed by atoms with Crippen molar-refractivity contribution < 1.29 is 17.9 Å². The van der Waals surface area contributed by atoms with Crippen molar-refractivity contribution in [2.45, 2.75) is 19.2 Å². The normalized spacial score (nSPS) is 11.6. The van der Waals surface area contributed by atoms with Gasteiger partial charge in [-0.05, 0) is 46.5 Å². The average molecular weight is 318 g/mol. The maximum Gasteiger partial charge on any atom is 0.573 e. The Morgan fingerprint density at radius 3 is 2.56 bits per heavy atom. The van der Waals surface area contributed by atoms with Crippen molar-refractivity contribution in [3.05, 3.63) is 28.2 Å². The van der Waals surface area contributed by atoms with Gasteiger partial charge in [-0.15, -0.1) is 24.8 Å². The van der Waals surface area contributed by atoms with E-state index in [0.717, 1.165) is 5.56 Å². The highest BCUT2D eigenvalue weighted by Crippen LogP contribution is 2.31. The molecule has 0 spiro atoms. The van der Waals surface area contributed by atoms with Gasteiger partial charge in [0.05, 0.1) is 4.47 Å². The Morgan fingerprint density at radius 2 is 2.00 bits per heavy atom. The van der Waals surface area contributed by atoms with Crippen LogP contribution in [0.5, 0.6) is 5.75 Å². The molecule has 0 fully saturated rings. The minimum Gasteiger partial charge on any atom is -0.405 e. The molecule has 0 aliphatic rings. The van der Waals surface area contributed by atoms with Crippen LogP contribution in [0.15, 0.2) is 22.7 Å². The zero-order chi connectivity index (χ0) is 12.2. The van der Waals surface area contributed by atoms with E-state index < -0.39 is 6.36 Å². The monoisotopic (exact) mass is 316 g/mol. The molecule has 1 rings (SSSR count). The maximum absolute atomic E-state index is 12.0. The van der Waals surface area contributed by atoms with Gasteiger partial charge in [0.15, 0.2) is 0 Å². The molecule has 1 aromatic carbocycles. The number of hydrogen-bond acceptors (Lipinski definition) is 1. The second kappa shape index (κ2) is 5.77. The molecule has 1 aromatic rings. The molecule has 1 nitrogen and oxygen atoms in total. The van der Waals surface area contributed by atoms with E-state index in [9.17, 15) is 13.2 Å². The second-order valence-electron chi connectivity index (χ2n) is 3.11. The molecule has 0 aromatic heterocycles. The van der Waals surface area contributed by atoms with Crippen molar-refractivity contribution in [2.24, 2.45) is 0 Å². The molecule has 0 atom stereocenters. The third-order valence-electron chi connectivity index (χ3n) is 1.82. The minimum atomic E-state index is -4.67. The first-order valence-corrected chi connectivity index (χ1v) is 5.85. The van der Waals surface area contributed by atoms with E-state index in [2.05, 4.69) is 20.7 Å². The summed E-state index contributed by atoms with van der Waals surface area (Å²) in [7, 11) is 0. The number of aryl methyl sites for hydroxylation is 1. The van der Waals surface area contributed by atoms with Crippen molar-refractivity contribution in [3.63, 3.8) is 0 Å². The molecule has 0 radical (unpaired) electrons. The second-order valence-corrected chi connectivity index (χ2v) is 4.34. The molecular weight excluding hydrogens is 308 g/mol. The Balaban J connectivity index is 2.82. The van der Waals surface area contributed by atoms with Gasteiger partial charge in [-0.2, -0.15) is 0 Å². The summed E-state index contributed by atoms with van der Waals surface area (Å²) in [5.41, 5.74) is 0.767. The van der Waals surface area contributed by atoms with Crippen molar-refractivity contribution in [1.29, 1.82) is 0 Å². The van der Waals surface area contributed by atoms with E-state index in [1.807, 2.05) is 0 Å². The topological polar surface area (TPSA) is 9.23 Å². The van der Waals surface area contributed by atoms with Crippen LogP contribution in [0.25, 0.3) is 0 Å². The van der Waals surface area contributed by atoms with E-state index in [1.165, 1.54) is 12.1 Å². The molecule has 90 valence electrons. The molecule has 6 heteroatoms. The lowest BCUT2D eigenvalue weighted by molar-refractivity contribution is -0.274. The fraction of sp³-hybridized carbons (Fsp3) is 0.400. The van der Waals surface area contributed by atoms with Gasteiger partial charge in [0.25, 0.3) is 0 Å². The van der Waals surface area contributed by atoms with Crippen molar-refractivity contribution in [1.82, 2.24) is 0 Å². The van der Waals surface area contributed by atoms with E-state index in [1.54, 1.807) is 6.07 Å². The van der Waals surface area contributed by atoms with Crippen LogP contribution in [0.2, 0.25) is 0 Å². The first-order valence-electron chi connectivity index (χ1n) is 4.52. The standard InChI is InChI=1S/C10H9BrClF3O/c11-8-4-3-7(2-1-5-12)6-9(8)16-10(13,14)15/h3-4,6H,1-2,5H2. The number of benzene rings is 1. The van der Waals surface area contributed by atoms with Crippen LogP contribution >= 0.6 is 27.5 Å². The Bertz CT molecular complexity index is 354. The third-order valence-corrected chi connectivity index (χ3v) is 2.74. The lowest BCUT2D eigenvalue weighted by Crippen LogP contribution is -2.17. The van der Waals surface area contributed by atoms with Crippen LogP contribution in [0.4, 0.5) is 13.2 Å². The quantitative estimate of drug-likeness (QED) is 0.742. The molecule has 0 unspecified atom stereocenters. The highest BCUT2D eigenvalue weighted by molar-refractivity contribution is 9.10. The molecule has 0 saturated heterocycles. The zero-order valence-corrected chi connectivity index (χ0v) is 10.5. The van der Waals surface area contributed by atoms with E-state index in [4.69, 9.17) is 11.6 Å². The largest absolute Gasteiger partial charge is 0.573 e. The first kappa shape index (κ1) is 13.6. The van der Waals surface area contributed by atoms with Crippen molar-refractivity contribution in [2.75, 3.05) is 5.88 Å². The Hall–Kier alpha value is -0.420. The fourth-order valence-electron chi connectivity index (χ4n) is 1.18. The number of alkyl halides is 4. The summed E-state index contributed by atoms with van der Waals surface area (Å²) < 4.78 is 40.3. The van der Waals surface area contributed by atoms with Crippen molar-refractivity contribution in [3.8, 4) is 5.75 Å². The summed E-state index contributed by atoms with van der Waals surface area (Å²) in [6.45, 7) is 0. The predicted octanol–water partition coefficient (Wildman–Crippen LogP) is 4.52. The molecular formula is C10H9BrClF3O. The highest BCUT2D eigenvalue weighted by atomic mass is 79.9. The van der Waals surface area contributed by atoms with Gasteiger partial charge in [0.2, 0.25) is 0 Å². The van der Waals surface area contributed by atoms with Gasteiger partial charge >= 0.3 is 6.36 Å². The summed E-state index contributed by atoms with van der Waals surface area (Å²) in [5.74, 6) is 0.255. The van der Waals surface area contributed by atoms with Crippen LogP contribution in [-0.2, 0) is 6.42 Å². The summed E-state index contributed by atoms with van der Waals surface area (Å²) in [5, 5.41) is 0. The molecule has 0 aliphatic heterocycles. The minimum absolute atomic E-state index is 0.223. The fourth-order valence-corrected chi connectivity index (χ4v) is 1.64. The van der Waals surface area contributed by atoms with Crippen LogP contribution in [0.3, 0.4) is 0 Å². The molecule has 0 bridgehead atoms. The number of hydrogen-bond donors (Lipinski definition) is 0. The first-order chi connectivity index (χ1) is 7.42.